The van der Waals surface area contributed by atoms with Gasteiger partial charge in [-0.25, -0.2) is 4.98 Å². The van der Waals surface area contributed by atoms with Crippen LogP contribution in [0.3, 0.4) is 0 Å². The molecule has 1 amide bonds. The second kappa shape index (κ2) is 7.19. The summed E-state index contributed by atoms with van der Waals surface area (Å²) in [6.45, 7) is 7.20. The van der Waals surface area contributed by atoms with Gasteiger partial charge in [0.25, 0.3) is 0 Å². The van der Waals surface area contributed by atoms with Gasteiger partial charge in [-0.3, -0.25) is 9.78 Å². The highest BCUT2D eigenvalue weighted by Gasteiger charge is 2.38. The summed E-state index contributed by atoms with van der Waals surface area (Å²) < 4.78 is 0. The molecule has 6 heteroatoms. The van der Waals surface area contributed by atoms with E-state index in [2.05, 4.69) is 33.7 Å². The standard InChI is InChI=1S/C20H27N5O/c1-14(2)24-9-5-15(6-10-24)20(26)25-11-7-17-18(23-13-22-17)19(25)16-4-3-8-21-12-16/h3-4,8,12-15,19H,5-7,9-11H2,1-2H3,(H,22,23)/t19-/m1/s1. The van der Waals surface area contributed by atoms with Crippen LogP contribution >= 0.6 is 0 Å². The fourth-order valence-electron chi connectivity index (χ4n) is 4.29. The van der Waals surface area contributed by atoms with Crippen molar-refractivity contribution < 1.29 is 4.79 Å². The Hall–Kier alpha value is -2.21. The molecule has 0 spiro atoms. The predicted molar refractivity (Wildman–Crippen MR) is 99.5 cm³/mol. The first-order valence-corrected chi connectivity index (χ1v) is 9.61. The number of aromatic amines is 1. The maximum absolute atomic E-state index is 13.4. The molecule has 0 unspecified atom stereocenters. The van der Waals surface area contributed by atoms with E-state index >= 15 is 0 Å². The number of piperidine rings is 1. The average Bonchev–Trinajstić information content (AvgIpc) is 3.16. The molecule has 1 atom stereocenters. The average molecular weight is 353 g/mol. The topological polar surface area (TPSA) is 65.1 Å². The third-order valence-electron chi connectivity index (χ3n) is 5.82. The van der Waals surface area contributed by atoms with E-state index in [1.807, 2.05) is 23.2 Å². The number of hydrogen-bond donors (Lipinski definition) is 1. The number of carbonyl (C=O) groups is 1. The van der Waals surface area contributed by atoms with Crippen molar-refractivity contribution >= 4 is 5.91 Å². The van der Waals surface area contributed by atoms with Crippen LogP contribution in [-0.4, -0.2) is 56.3 Å². The van der Waals surface area contributed by atoms with Crippen LogP contribution in [0.15, 0.2) is 30.9 Å². The second-order valence-corrected chi connectivity index (χ2v) is 7.64. The van der Waals surface area contributed by atoms with Crippen LogP contribution in [0.5, 0.6) is 0 Å². The molecule has 1 fully saturated rings. The Bertz CT molecular complexity index is 749. The number of H-pyrrole nitrogens is 1. The molecular formula is C20H27N5O. The minimum atomic E-state index is -0.130. The van der Waals surface area contributed by atoms with Gasteiger partial charge in [-0.2, -0.15) is 0 Å². The van der Waals surface area contributed by atoms with E-state index in [1.165, 1.54) is 0 Å². The second-order valence-electron chi connectivity index (χ2n) is 7.64. The molecule has 2 aliphatic rings. The molecule has 2 aliphatic heterocycles. The number of nitrogens with zero attached hydrogens (tertiary/aromatic N) is 4. The van der Waals surface area contributed by atoms with Crippen molar-refractivity contribution in [2.75, 3.05) is 19.6 Å². The van der Waals surface area contributed by atoms with Crippen LogP contribution in [0, 0.1) is 5.92 Å². The minimum absolute atomic E-state index is 0.115. The largest absolute Gasteiger partial charge is 0.348 e. The molecule has 138 valence electrons. The number of imidazole rings is 1. The zero-order chi connectivity index (χ0) is 18.1. The molecule has 1 N–H and O–H groups in total. The number of amides is 1. The van der Waals surface area contributed by atoms with Crippen LogP contribution in [0.25, 0.3) is 0 Å². The summed E-state index contributed by atoms with van der Waals surface area (Å²) in [5.41, 5.74) is 3.14. The number of hydrogen-bond acceptors (Lipinski definition) is 4. The number of nitrogens with one attached hydrogen (secondary N) is 1. The van der Waals surface area contributed by atoms with E-state index in [4.69, 9.17) is 0 Å². The molecule has 1 saturated heterocycles. The van der Waals surface area contributed by atoms with Crippen molar-refractivity contribution in [3.05, 3.63) is 47.8 Å². The van der Waals surface area contributed by atoms with Gasteiger partial charge in [0, 0.05) is 43.0 Å². The molecule has 0 bridgehead atoms. The number of fused-ring (bicyclic) bond motifs is 1. The Labute approximate surface area is 154 Å². The summed E-state index contributed by atoms with van der Waals surface area (Å²) >= 11 is 0. The van der Waals surface area contributed by atoms with E-state index < -0.39 is 0 Å². The summed E-state index contributed by atoms with van der Waals surface area (Å²) in [5, 5.41) is 0. The lowest BCUT2D eigenvalue weighted by Gasteiger charge is -2.40. The highest BCUT2D eigenvalue weighted by atomic mass is 16.2. The molecule has 2 aromatic rings. The molecule has 0 saturated carbocycles. The normalized spacial score (nSPS) is 21.8. The molecular weight excluding hydrogens is 326 g/mol. The lowest BCUT2D eigenvalue weighted by molar-refractivity contribution is -0.139. The minimum Gasteiger partial charge on any atom is -0.348 e. The van der Waals surface area contributed by atoms with E-state index in [9.17, 15) is 4.79 Å². The molecule has 0 aromatic carbocycles. The predicted octanol–water partition coefficient (Wildman–Crippen LogP) is 2.40. The third kappa shape index (κ3) is 3.14. The quantitative estimate of drug-likeness (QED) is 0.920. The maximum Gasteiger partial charge on any atom is 0.226 e. The van der Waals surface area contributed by atoms with Gasteiger partial charge in [0.05, 0.1) is 12.0 Å². The molecule has 0 aliphatic carbocycles. The van der Waals surface area contributed by atoms with Crippen molar-refractivity contribution in [3.8, 4) is 0 Å². The van der Waals surface area contributed by atoms with Crippen molar-refractivity contribution in [1.82, 2.24) is 24.8 Å². The van der Waals surface area contributed by atoms with Crippen molar-refractivity contribution in [2.45, 2.75) is 45.2 Å². The summed E-state index contributed by atoms with van der Waals surface area (Å²) in [6.07, 6.45) is 8.09. The Kier molecular flexibility index (Phi) is 4.76. The van der Waals surface area contributed by atoms with Crippen LogP contribution in [0.1, 0.15) is 49.7 Å². The van der Waals surface area contributed by atoms with Gasteiger partial charge in [0.15, 0.2) is 0 Å². The molecule has 4 rings (SSSR count). The molecule has 0 radical (unpaired) electrons. The number of aromatic nitrogens is 3. The first-order chi connectivity index (χ1) is 12.6. The van der Waals surface area contributed by atoms with E-state index in [0.717, 1.165) is 55.8 Å². The number of carbonyl (C=O) groups excluding carboxylic acids is 1. The van der Waals surface area contributed by atoms with Crippen molar-refractivity contribution in [2.24, 2.45) is 5.92 Å². The van der Waals surface area contributed by atoms with Crippen molar-refractivity contribution in [3.63, 3.8) is 0 Å². The van der Waals surface area contributed by atoms with Crippen molar-refractivity contribution in [1.29, 1.82) is 0 Å². The highest BCUT2D eigenvalue weighted by molar-refractivity contribution is 5.80. The van der Waals surface area contributed by atoms with E-state index in [-0.39, 0.29) is 17.9 Å². The fourth-order valence-corrected chi connectivity index (χ4v) is 4.29. The van der Waals surface area contributed by atoms with Gasteiger partial charge in [0.1, 0.15) is 6.04 Å². The molecule has 4 heterocycles. The van der Waals surface area contributed by atoms with Gasteiger partial charge in [-0.05, 0) is 51.4 Å². The summed E-state index contributed by atoms with van der Waals surface area (Å²) in [7, 11) is 0. The van der Waals surface area contributed by atoms with Gasteiger partial charge in [-0.1, -0.05) is 6.07 Å². The Morgan fingerprint density at radius 2 is 2.08 bits per heavy atom. The maximum atomic E-state index is 13.4. The third-order valence-corrected chi connectivity index (χ3v) is 5.82. The Morgan fingerprint density at radius 1 is 1.27 bits per heavy atom. The smallest absolute Gasteiger partial charge is 0.226 e. The number of pyridine rings is 1. The number of rotatable bonds is 3. The van der Waals surface area contributed by atoms with Crippen LogP contribution in [0.2, 0.25) is 0 Å². The highest BCUT2D eigenvalue weighted by Crippen LogP contribution is 2.35. The molecule has 2 aromatic heterocycles. The lowest BCUT2D eigenvalue weighted by atomic mass is 9.90. The van der Waals surface area contributed by atoms with Gasteiger partial charge < -0.3 is 14.8 Å². The lowest BCUT2D eigenvalue weighted by Crippen LogP contribution is -2.47. The summed E-state index contributed by atoms with van der Waals surface area (Å²) in [4.78, 5) is 29.9. The fraction of sp³-hybridized carbons (Fsp3) is 0.550. The Balaban J connectivity index is 1.58. The zero-order valence-corrected chi connectivity index (χ0v) is 15.6. The zero-order valence-electron chi connectivity index (χ0n) is 15.6. The van der Waals surface area contributed by atoms with Crippen LogP contribution in [0.4, 0.5) is 0 Å². The summed E-state index contributed by atoms with van der Waals surface area (Å²) in [6, 6.07) is 4.40. The summed E-state index contributed by atoms with van der Waals surface area (Å²) in [5.74, 6) is 0.389. The van der Waals surface area contributed by atoms with Crippen LogP contribution in [-0.2, 0) is 11.2 Å². The van der Waals surface area contributed by atoms with Gasteiger partial charge in [-0.15, -0.1) is 0 Å². The van der Waals surface area contributed by atoms with Gasteiger partial charge in [0.2, 0.25) is 5.91 Å². The van der Waals surface area contributed by atoms with Crippen LogP contribution < -0.4 is 0 Å². The first-order valence-electron chi connectivity index (χ1n) is 9.61. The first kappa shape index (κ1) is 17.2. The SMILES string of the molecule is CC(C)N1CCC(C(=O)N2CCc3[nH]cnc3[C@H]2c2cccnc2)CC1. The van der Waals surface area contributed by atoms with E-state index in [1.54, 1.807) is 12.5 Å². The monoisotopic (exact) mass is 353 g/mol. The van der Waals surface area contributed by atoms with E-state index in [0.29, 0.717) is 6.04 Å². The van der Waals surface area contributed by atoms with Gasteiger partial charge >= 0.3 is 0 Å². The Morgan fingerprint density at radius 3 is 2.77 bits per heavy atom. The molecule has 6 nitrogen and oxygen atoms in total. The molecule has 26 heavy (non-hydrogen) atoms. The number of likely N-dealkylation sites (tertiary alicyclic amines) is 1.